The third-order valence-corrected chi connectivity index (χ3v) is 5.06. The van der Waals surface area contributed by atoms with Crippen LogP contribution < -0.4 is 15.4 Å². The van der Waals surface area contributed by atoms with E-state index in [1.165, 1.54) is 0 Å². The number of benzene rings is 1. The smallest absolute Gasteiger partial charge is 0.237 e. The van der Waals surface area contributed by atoms with Gasteiger partial charge in [-0.25, -0.2) is 0 Å². The lowest BCUT2D eigenvalue weighted by atomic mass is 10.2. The summed E-state index contributed by atoms with van der Waals surface area (Å²) in [4.78, 5) is 28.6. The van der Waals surface area contributed by atoms with Crippen LogP contribution in [0.25, 0.3) is 0 Å². The average Bonchev–Trinajstić information content (AvgIpc) is 3.50. The molecule has 1 aliphatic carbocycles. The van der Waals surface area contributed by atoms with Gasteiger partial charge in [-0.2, -0.15) is 0 Å². The maximum atomic E-state index is 12.2. The molecule has 2 fully saturated rings. The van der Waals surface area contributed by atoms with Gasteiger partial charge in [-0.3, -0.25) is 19.4 Å². The van der Waals surface area contributed by atoms with E-state index < -0.39 is 0 Å². The number of nitrogens with one attached hydrogen (secondary N) is 2. The first-order valence-corrected chi connectivity index (χ1v) is 9.83. The molecule has 1 saturated carbocycles. The molecule has 2 aliphatic rings. The summed E-state index contributed by atoms with van der Waals surface area (Å²) in [6.45, 7) is 6.52. The number of ether oxygens (including phenoxy) is 1. The van der Waals surface area contributed by atoms with E-state index in [0.29, 0.717) is 25.7 Å². The van der Waals surface area contributed by atoms with Crippen LogP contribution in [0.15, 0.2) is 30.3 Å². The van der Waals surface area contributed by atoms with Crippen molar-refractivity contribution in [2.24, 2.45) is 0 Å². The lowest BCUT2D eigenvalue weighted by Crippen LogP contribution is -2.55. The van der Waals surface area contributed by atoms with Gasteiger partial charge < -0.3 is 15.4 Å². The van der Waals surface area contributed by atoms with Gasteiger partial charge in [0.15, 0.2) is 0 Å². The Morgan fingerprint density at radius 3 is 2.52 bits per heavy atom. The number of nitrogens with zero attached hydrogens (tertiary/aromatic N) is 2. The highest BCUT2D eigenvalue weighted by atomic mass is 16.5. The number of carbonyl (C=O) groups is 2. The van der Waals surface area contributed by atoms with Crippen LogP contribution in [0.1, 0.15) is 19.8 Å². The van der Waals surface area contributed by atoms with Gasteiger partial charge in [0.25, 0.3) is 0 Å². The molecule has 1 atom stereocenters. The Labute approximate surface area is 161 Å². The van der Waals surface area contributed by atoms with E-state index in [0.717, 1.165) is 44.8 Å². The van der Waals surface area contributed by atoms with Crippen LogP contribution in [-0.2, 0) is 9.59 Å². The van der Waals surface area contributed by atoms with Crippen LogP contribution in [0.2, 0.25) is 0 Å². The van der Waals surface area contributed by atoms with E-state index >= 15 is 0 Å². The van der Waals surface area contributed by atoms with Crippen LogP contribution in [0.3, 0.4) is 0 Å². The van der Waals surface area contributed by atoms with Gasteiger partial charge in [-0.1, -0.05) is 18.2 Å². The number of amides is 2. The minimum atomic E-state index is -0.100. The Balaban J connectivity index is 1.28. The van der Waals surface area contributed by atoms with E-state index in [1.54, 1.807) is 0 Å². The number of rotatable bonds is 9. The largest absolute Gasteiger partial charge is 0.492 e. The Morgan fingerprint density at radius 1 is 1.15 bits per heavy atom. The van der Waals surface area contributed by atoms with Crippen molar-refractivity contribution in [2.75, 3.05) is 45.9 Å². The van der Waals surface area contributed by atoms with Gasteiger partial charge in [0.05, 0.1) is 19.1 Å². The van der Waals surface area contributed by atoms with E-state index in [1.807, 2.05) is 37.3 Å². The van der Waals surface area contributed by atoms with E-state index in [9.17, 15) is 9.59 Å². The Kier molecular flexibility index (Phi) is 7.06. The predicted octanol–water partition coefficient (Wildman–Crippen LogP) is 0.466. The van der Waals surface area contributed by atoms with Crippen LogP contribution in [-0.4, -0.2) is 79.6 Å². The fourth-order valence-corrected chi connectivity index (χ4v) is 3.16. The van der Waals surface area contributed by atoms with Crippen molar-refractivity contribution in [2.45, 2.75) is 31.8 Å². The van der Waals surface area contributed by atoms with Crippen molar-refractivity contribution < 1.29 is 14.3 Å². The highest BCUT2D eigenvalue weighted by Crippen LogP contribution is 2.19. The van der Waals surface area contributed by atoms with Crippen molar-refractivity contribution in [3.8, 4) is 5.75 Å². The Hall–Kier alpha value is -2.12. The van der Waals surface area contributed by atoms with Crippen LogP contribution in [0.5, 0.6) is 5.75 Å². The zero-order valence-corrected chi connectivity index (χ0v) is 16.0. The first-order valence-electron chi connectivity index (χ1n) is 9.83. The molecule has 1 aliphatic heterocycles. The maximum absolute atomic E-state index is 12.2. The molecule has 2 N–H and O–H groups in total. The Bertz CT molecular complexity index is 613. The van der Waals surface area contributed by atoms with Gasteiger partial charge in [-0.05, 0) is 31.9 Å². The zero-order chi connectivity index (χ0) is 19.1. The van der Waals surface area contributed by atoms with E-state index in [2.05, 4.69) is 20.4 Å². The summed E-state index contributed by atoms with van der Waals surface area (Å²) in [5.41, 5.74) is 0. The second-order valence-corrected chi connectivity index (χ2v) is 7.28. The summed E-state index contributed by atoms with van der Waals surface area (Å²) < 4.78 is 5.57. The lowest BCUT2D eigenvalue weighted by molar-refractivity contribution is -0.128. The summed E-state index contributed by atoms with van der Waals surface area (Å²) >= 11 is 0. The SMILES string of the molecule is CC(C(=O)NC1CC1)N1CCN(CC(=O)NCCOc2ccccc2)CC1. The molecule has 0 aromatic heterocycles. The summed E-state index contributed by atoms with van der Waals surface area (Å²) in [6, 6.07) is 9.87. The second kappa shape index (κ2) is 9.71. The third kappa shape index (κ3) is 6.52. The minimum Gasteiger partial charge on any atom is -0.492 e. The molecule has 0 bridgehead atoms. The highest BCUT2D eigenvalue weighted by Gasteiger charge is 2.30. The lowest BCUT2D eigenvalue weighted by Gasteiger charge is -2.37. The highest BCUT2D eigenvalue weighted by molar-refractivity contribution is 5.82. The molecule has 27 heavy (non-hydrogen) atoms. The van der Waals surface area contributed by atoms with Gasteiger partial charge in [0.1, 0.15) is 12.4 Å². The molecule has 1 aromatic carbocycles. The fourth-order valence-electron chi connectivity index (χ4n) is 3.16. The first-order chi connectivity index (χ1) is 13.1. The summed E-state index contributed by atoms with van der Waals surface area (Å²) in [5, 5.41) is 5.96. The monoisotopic (exact) mass is 374 g/mol. The van der Waals surface area contributed by atoms with Crippen LogP contribution >= 0.6 is 0 Å². The standard InChI is InChI=1S/C20H30N4O3/c1-16(20(26)22-17-7-8-17)24-12-10-23(11-13-24)15-19(25)21-9-14-27-18-5-3-2-4-6-18/h2-6,16-17H,7-15H2,1H3,(H,21,25)(H,22,26). The number of hydrogen-bond acceptors (Lipinski definition) is 5. The zero-order valence-electron chi connectivity index (χ0n) is 16.0. The molecule has 1 saturated heterocycles. The molecular weight excluding hydrogens is 344 g/mol. The van der Waals surface area contributed by atoms with Crippen LogP contribution in [0.4, 0.5) is 0 Å². The van der Waals surface area contributed by atoms with Crippen molar-refractivity contribution >= 4 is 11.8 Å². The molecule has 1 unspecified atom stereocenters. The van der Waals surface area contributed by atoms with Crippen LogP contribution in [0, 0.1) is 0 Å². The molecule has 2 amide bonds. The van der Waals surface area contributed by atoms with Crippen molar-refractivity contribution in [1.82, 2.24) is 20.4 Å². The third-order valence-electron chi connectivity index (χ3n) is 5.06. The number of carbonyl (C=O) groups excluding carboxylic acids is 2. The molecule has 1 aromatic rings. The Morgan fingerprint density at radius 2 is 1.85 bits per heavy atom. The first kappa shape index (κ1) is 19.6. The molecule has 3 rings (SSSR count). The molecule has 7 nitrogen and oxygen atoms in total. The molecule has 7 heteroatoms. The average molecular weight is 374 g/mol. The summed E-state index contributed by atoms with van der Waals surface area (Å²) in [6.07, 6.45) is 2.22. The number of hydrogen-bond donors (Lipinski definition) is 2. The van der Waals surface area contributed by atoms with Gasteiger partial charge in [0.2, 0.25) is 11.8 Å². The molecule has 148 valence electrons. The number of para-hydroxylation sites is 1. The van der Waals surface area contributed by atoms with Crippen molar-refractivity contribution in [3.63, 3.8) is 0 Å². The molecule has 0 spiro atoms. The maximum Gasteiger partial charge on any atom is 0.237 e. The summed E-state index contributed by atoms with van der Waals surface area (Å²) in [7, 11) is 0. The van der Waals surface area contributed by atoms with Gasteiger partial charge in [0, 0.05) is 32.2 Å². The van der Waals surface area contributed by atoms with Crippen molar-refractivity contribution in [3.05, 3.63) is 30.3 Å². The van der Waals surface area contributed by atoms with Crippen molar-refractivity contribution in [1.29, 1.82) is 0 Å². The topological polar surface area (TPSA) is 73.9 Å². The van der Waals surface area contributed by atoms with Gasteiger partial charge in [-0.15, -0.1) is 0 Å². The minimum absolute atomic E-state index is 0.0136. The number of piperazine rings is 1. The summed E-state index contributed by atoms with van der Waals surface area (Å²) in [5.74, 6) is 0.949. The van der Waals surface area contributed by atoms with E-state index in [4.69, 9.17) is 4.74 Å². The van der Waals surface area contributed by atoms with Gasteiger partial charge >= 0.3 is 0 Å². The molecular formula is C20H30N4O3. The fraction of sp³-hybridized carbons (Fsp3) is 0.600. The second-order valence-electron chi connectivity index (χ2n) is 7.28. The molecule has 0 radical (unpaired) electrons. The quantitative estimate of drug-likeness (QED) is 0.615. The predicted molar refractivity (Wildman–Crippen MR) is 104 cm³/mol. The molecule has 1 heterocycles. The normalized spacial score (nSPS) is 19.3. The van der Waals surface area contributed by atoms with E-state index in [-0.39, 0.29) is 17.9 Å².